The number of benzene rings is 3. The third-order valence-electron chi connectivity index (χ3n) is 7.77. The maximum absolute atomic E-state index is 14.4. The van der Waals surface area contributed by atoms with Crippen LogP contribution in [0.1, 0.15) is 38.8 Å². The Morgan fingerprint density at radius 1 is 0.827 bits per heavy atom. The van der Waals surface area contributed by atoms with Gasteiger partial charge < -0.3 is 24.8 Å². The molecule has 3 rings (SSSR count). The van der Waals surface area contributed by atoms with Crippen molar-refractivity contribution in [2.75, 3.05) is 26.3 Å². The number of nitrogens with zero attached hydrogens (tertiary/aromatic N) is 2. The second-order valence-corrected chi connectivity index (χ2v) is 15.2. The van der Waals surface area contributed by atoms with Crippen molar-refractivity contribution in [3.63, 3.8) is 0 Å². The zero-order chi connectivity index (χ0) is 38.6. The second kappa shape index (κ2) is 20.4. The van der Waals surface area contributed by atoms with Gasteiger partial charge in [0.25, 0.3) is 0 Å². The van der Waals surface area contributed by atoms with Crippen LogP contribution in [0.2, 0.25) is 20.1 Å². The first kappa shape index (κ1) is 43.3. The fourth-order valence-corrected chi connectivity index (χ4v) is 7.34. The predicted octanol–water partition coefficient (Wildman–Crippen LogP) is 6.49. The molecule has 3 aromatic carbocycles. The largest absolute Gasteiger partial charge is 0.465 e. The molecule has 0 heterocycles. The predicted molar refractivity (Wildman–Crippen MR) is 201 cm³/mol. The van der Waals surface area contributed by atoms with Crippen LogP contribution in [-0.2, 0) is 42.1 Å². The lowest BCUT2D eigenvalue weighted by atomic mass is 10.0. The summed E-state index contributed by atoms with van der Waals surface area (Å²) in [5, 5.41) is 13.6. The number of carbonyl (C=O) groups is 3. The molecule has 2 unspecified atom stereocenters. The maximum Gasteiger partial charge on any atom is 0.408 e. The quantitative estimate of drug-likeness (QED) is 0.116. The topological polar surface area (TPSA) is 155 Å². The third kappa shape index (κ3) is 12.5. The van der Waals surface area contributed by atoms with Crippen molar-refractivity contribution in [1.82, 2.24) is 19.8 Å². The minimum absolute atomic E-state index is 0.0201. The molecular formula is C35H42Cl4N4O8S. The fourth-order valence-electron chi connectivity index (χ4n) is 5.21. The zero-order valence-corrected chi connectivity index (χ0v) is 32.9. The first-order chi connectivity index (χ1) is 24.6. The summed E-state index contributed by atoms with van der Waals surface area (Å²) in [6, 6.07) is 13.6. The highest BCUT2D eigenvalue weighted by molar-refractivity contribution is 7.89. The summed E-state index contributed by atoms with van der Waals surface area (Å²) < 4.78 is 40.5. The Labute approximate surface area is 324 Å². The minimum atomic E-state index is -4.39. The SMILES string of the molecule is CCOC(CN(C(=O)C(Cc1ccc(Cl)c(Cl)c1)NC(=O)C(CNS(=O)(=O)c1ccc(Cl)cc1Cl)N(Cc1ccccc1)C(=O)O)C(C)C)OCC. The van der Waals surface area contributed by atoms with E-state index in [0.29, 0.717) is 24.3 Å². The van der Waals surface area contributed by atoms with Crippen LogP contribution in [0.25, 0.3) is 0 Å². The van der Waals surface area contributed by atoms with Crippen molar-refractivity contribution >= 4 is 74.3 Å². The van der Waals surface area contributed by atoms with Crippen molar-refractivity contribution in [2.24, 2.45) is 0 Å². The summed E-state index contributed by atoms with van der Waals surface area (Å²) in [7, 11) is -4.39. The number of carboxylic acid groups (broad SMARTS) is 1. The number of halogens is 4. The fraction of sp³-hybridized carbons (Fsp3) is 0.400. The molecule has 52 heavy (non-hydrogen) atoms. The van der Waals surface area contributed by atoms with Crippen molar-refractivity contribution in [3.8, 4) is 0 Å². The summed E-state index contributed by atoms with van der Waals surface area (Å²) in [6.07, 6.45) is -2.36. The highest BCUT2D eigenvalue weighted by Crippen LogP contribution is 2.26. The molecule has 284 valence electrons. The van der Waals surface area contributed by atoms with Crippen LogP contribution in [0, 0.1) is 0 Å². The molecule has 0 saturated carbocycles. The van der Waals surface area contributed by atoms with Crippen LogP contribution >= 0.6 is 46.4 Å². The summed E-state index contributed by atoms with van der Waals surface area (Å²) in [4.78, 5) is 43.4. The molecule has 0 aliphatic carbocycles. The molecular weight excluding hydrogens is 778 g/mol. The van der Waals surface area contributed by atoms with E-state index in [1.165, 1.54) is 23.1 Å². The van der Waals surface area contributed by atoms with E-state index < -0.39 is 52.8 Å². The molecule has 0 aliphatic heterocycles. The number of carbonyl (C=O) groups excluding carboxylic acids is 2. The minimum Gasteiger partial charge on any atom is -0.465 e. The van der Waals surface area contributed by atoms with Crippen LogP contribution in [0.3, 0.4) is 0 Å². The van der Waals surface area contributed by atoms with Gasteiger partial charge in [-0.15, -0.1) is 0 Å². The van der Waals surface area contributed by atoms with E-state index >= 15 is 0 Å². The molecule has 2 atom stereocenters. The van der Waals surface area contributed by atoms with Crippen LogP contribution in [0.5, 0.6) is 0 Å². The number of ether oxygens (including phenoxy) is 2. The number of sulfonamides is 1. The van der Waals surface area contributed by atoms with E-state index in [0.717, 1.165) is 4.90 Å². The second-order valence-electron chi connectivity index (χ2n) is 11.8. The van der Waals surface area contributed by atoms with Crippen LogP contribution in [0.4, 0.5) is 4.79 Å². The van der Waals surface area contributed by atoms with Gasteiger partial charge in [0.15, 0.2) is 6.29 Å². The van der Waals surface area contributed by atoms with Gasteiger partial charge in [0, 0.05) is 43.8 Å². The van der Waals surface area contributed by atoms with E-state index in [9.17, 15) is 27.9 Å². The number of amides is 3. The summed E-state index contributed by atoms with van der Waals surface area (Å²) >= 11 is 24.6. The van der Waals surface area contributed by atoms with Gasteiger partial charge in [0.05, 0.1) is 21.6 Å². The van der Waals surface area contributed by atoms with E-state index in [1.54, 1.807) is 76.2 Å². The van der Waals surface area contributed by atoms with Gasteiger partial charge in [0.1, 0.15) is 17.0 Å². The molecule has 0 radical (unpaired) electrons. The molecule has 0 spiro atoms. The van der Waals surface area contributed by atoms with Gasteiger partial charge in [-0.3, -0.25) is 14.5 Å². The lowest BCUT2D eigenvalue weighted by Gasteiger charge is -2.35. The van der Waals surface area contributed by atoms with Gasteiger partial charge >= 0.3 is 6.09 Å². The zero-order valence-electron chi connectivity index (χ0n) is 29.0. The Bertz CT molecular complexity index is 1780. The molecule has 3 N–H and O–H groups in total. The molecule has 0 saturated heterocycles. The average Bonchev–Trinajstić information content (AvgIpc) is 3.08. The lowest BCUT2D eigenvalue weighted by molar-refractivity contribution is -0.163. The Kier molecular flexibility index (Phi) is 16.9. The van der Waals surface area contributed by atoms with Gasteiger partial charge in [0.2, 0.25) is 21.8 Å². The Morgan fingerprint density at radius 2 is 1.48 bits per heavy atom. The van der Waals surface area contributed by atoms with Gasteiger partial charge in [-0.2, -0.15) is 0 Å². The monoisotopic (exact) mass is 818 g/mol. The summed E-state index contributed by atoms with van der Waals surface area (Å²) in [6.45, 7) is 6.81. The molecule has 3 amide bonds. The third-order valence-corrected chi connectivity index (χ3v) is 10.6. The van der Waals surface area contributed by atoms with E-state index in [2.05, 4.69) is 10.0 Å². The van der Waals surface area contributed by atoms with Gasteiger partial charge in [-0.05, 0) is 69.2 Å². The molecule has 0 fully saturated rings. The number of hydrogen-bond acceptors (Lipinski definition) is 7. The Hall–Kier alpha value is -3.14. The first-order valence-corrected chi connectivity index (χ1v) is 19.3. The van der Waals surface area contributed by atoms with E-state index in [-0.39, 0.29) is 50.5 Å². The van der Waals surface area contributed by atoms with Crippen LogP contribution < -0.4 is 10.0 Å². The van der Waals surface area contributed by atoms with Crippen molar-refractivity contribution in [2.45, 2.75) is 70.0 Å². The summed E-state index contributed by atoms with van der Waals surface area (Å²) in [5.41, 5.74) is 1.07. The molecule has 0 bridgehead atoms. The van der Waals surface area contributed by atoms with Gasteiger partial charge in [-0.1, -0.05) is 82.8 Å². The maximum atomic E-state index is 14.4. The molecule has 17 heteroatoms. The van der Waals surface area contributed by atoms with Crippen molar-refractivity contribution in [3.05, 3.63) is 97.9 Å². The molecule has 12 nitrogen and oxygen atoms in total. The van der Waals surface area contributed by atoms with Crippen LogP contribution in [0.15, 0.2) is 71.6 Å². The highest BCUT2D eigenvalue weighted by Gasteiger charge is 2.36. The van der Waals surface area contributed by atoms with E-state index in [4.69, 9.17) is 55.9 Å². The van der Waals surface area contributed by atoms with Crippen molar-refractivity contribution in [1.29, 1.82) is 0 Å². The Balaban J connectivity index is 2.06. The standard InChI is InChI=1S/C35H42Cl4N4O8S/c1-5-50-32(51-6-2)21-42(22(3)4)34(45)29(17-24-12-14-26(37)27(38)16-24)41-33(44)30(43(35(46)47)20-23-10-8-7-9-11-23)19-40-52(48,49)31-15-13-25(36)18-28(31)39/h7-16,18,22,29-30,32,40H,5-6,17,19-21H2,1-4H3,(H,41,44)(H,46,47). The Morgan fingerprint density at radius 3 is 2.04 bits per heavy atom. The number of hydrogen-bond donors (Lipinski definition) is 3. The first-order valence-electron chi connectivity index (χ1n) is 16.3. The molecule has 0 aromatic heterocycles. The molecule has 0 aliphatic rings. The average molecular weight is 821 g/mol. The summed E-state index contributed by atoms with van der Waals surface area (Å²) in [5.74, 6) is -1.48. The van der Waals surface area contributed by atoms with Crippen LogP contribution in [-0.4, -0.2) is 92.0 Å². The normalized spacial score (nSPS) is 12.8. The van der Waals surface area contributed by atoms with Crippen molar-refractivity contribution < 1.29 is 37.4 Å². The smallest absolute Gasteiger partial charge is 0.408 e. The highest BCUT2D eigenvalue weighted by atomic mass is 35.5. The van der Waals surface area contributed by atoms with Gasteiger partial charge in [-0.25, -0.2) is 17.9 Å². The van der Waals surface area contributed by atoms with E-state index in [1.807, 2.05) is 0 Å². The molecule has 3 aromatic rings. The number of nitrogens with one attached hydrogen (secondary N) is 2. The lowest BCUT2D eigenvalue weighted by Crippen LogP contribution is -2.59. The number of rotatable bonds is 19.